The highest BCUT2D eigenvalue weighted by molar-refractivity contribution is 6.09. The maximum atomic E-state index is 12.7. The molecule has 8 nitrogen and oxygen atoms in total. The summed E-state index contributed by atoms with van der Waals surface area (Å²) in [6, 6.07) is 7.99. The van der Waals surface area contributed by atoms with Crippen molar-refractivity contribution in [1.29, 1.82) is 0 Å². The van der Waals surface area contributed by atoms with Crippen LogP contribution < -0.4 is 15.4 Å². The highest BCUT2D eigenvalue weighted by Gasteiger charge is 2.46. The zero-order valence-electron chi connectivity index (χ0n) is 17.2. The average Bonchev–Trinajstić information content (AvgIpc) is 3.19. The topological polar surface area (TPSA) is 113 Å². The van der Waals surface area contributed by atoms with Crippen LogP contribution in [-0.4, -0.2) is 39.4 Å². The lowest BCUT2D eigenvalue weighted by Crippen LogP contribution is -2.49. The predicted molar refractivity (Wildman–Crippen MR) is 114 cm³/mol. The molecular formula is C23H21N3O5. The number of amides is 3. The van der Waals surface area contributed by atoms with Crippen molar-refractivity contribution in [3.63, 3.8) is 0 Å². The van der Waals surface area contributed by atoms with Crippen molar-refractivity contribution in [2.24, 2.45) is 0 Å². The van der Waals surface area contributed by atoms with Gasteiger partial charge in [0.1, 0.15) is 11.5 Å². The van der Waals surface area contributed by atoms with Crippen molar-refractivity contribution >= 4 is 22.7 Å². The van der Waals surface area contributed by atoms with Gasteiger partial charge >= 0.3 is 6.03 Å². The number of urea groups is 1. The number of hydrogen-bond donors (Lipinski definition) is 4. The molecule has 0 bridgehead atoms. The molecule has 4 N–H and O–H groups in total. The van der Waals surface area contributed by atoms with E-state index in [-0.39, 0.29) is 18.2 Å². The van der Waals surface area contributed by atoms with Gasteiger partial charge in [0, 0.05) is 22.5 Å². The van der Waals surface area contributed by atoms with E-state index in [1.165, 1.54) is 11.7 Å². The van der Waals surface area contributed by atoms with Crippen molar-refractivity contribution < 1.29 is 24.5 Å². The summed E-state index contributed by atoms with van der Waals surface area (Å²) in [7, 11) is 1.53. The third kappa shape index (κ3) is 3.51. The van der Waals surface area contributed by atoms with E-state index in [1.807, 2.05) is 0 Å². The largest absolute Gasteiger partial charge is 0.507 e. The molecule has 8 heteroatoms. The Morgan fingerprint density at radius 1 is 1.13 bits per heavy atom. The minimum Gasteiger partial charge on any atom is -0.507 e. The number of aromatic hydroxyl groups is 2. The van der Waals surface area contributed by atoms with E-state index in [4.69, 9.17) is 4.74 Å². The first-order valence-corrected chi connectivity index (χ1v) is 9.55. The molecule has 3 aromatic rings. The predicted octanol–water partition coefficient (Wildman–Crippen LogP) is 2.31. The van der Waals surface area contributed by atoms with Gasteiger partial charge in [0.2, 0.25) is 5.54 Å². The number of phenols is 1. The fourth-order valence-electron chi connectivity index (χ4n) is 3.67. The van der Waals surface area contributed by atoms with Crippen LogP contribution in [0.15, 0.2) is 36.5 Å². The van der Waals surface area contributed by atoms with Crippen LogP contribution in [0, 0.1) is 25.7 Å². The number of nitrogens with one attached hydrogen (secondary N) is 2. The number of fused-ring (bicyclic) bond motifs is 1. The van der Waals surface area contributed by atoms with Crippen LogP contribution in [0.5, 0.6) is 17.4 Å². The molecule has 2 aromatic carbocycles. The molecule has 158 valence electrons. The number of carbonyl (C=O) groups excluding carboxylic acids is 2. The molecule has 1 saturated heterocycles. The van der Waals surface area contributed by atoms with Crippen LogP contribution in [0.25, 0.3) is 10.8 Å². The maximum Gasteiger partial charge on any atom is 0.323 e. The fraction of sp³-hybridized carbons (Fsp3) is 0.217. The molecule has 1 aliphatic rings. The van der Waals surface area contributed by atoms with Crippen molar-refractivity contribution in [2.75, 3.05) is 7.11 Å². The van der Waals surface area contributed by atoms with Crippen LogP contribution in [0.4, 0.5) is 4.79 Å². The molecule has 2 heterocycles. The Hall–Kier alpha value is -4.12. The van der Waals surface area contributed by atoms with E-state index < -0.39 is 17.5 Å². The third-order valence-corrected chi connectivity index (χ3v) is 5.33. The van der Waals surface area contributed by atoms with Crippen LogP contribution in [0.2, 0.25) is 0 Å². The molecule has 4 rings (SSSR count). The quantitative estimate of drug-likeness (QED) is 0.384. The molecule has 3 amide bonds. The van der Waals surface area contributed by atoms with E-state index in [1.54, 1.807) is 50.4 Å². The molecule has 1 atom stereocenters. The number of benzene rings is 2. The number of ether oxygens (including phenoxy) is 1. The zero-order chi connectivity index (χ0) is 22.3. The van der Waals surface area contributed by atoms with Gasteiger partial charge in [-0.25, -0.2) is 4.79 Å². The minimum atomic E-state index is -1.58. The molecule has 0 saturated carbocycles. The summed E-state index contributed by atoms with van der Waals surface area (Å²) in [4.78, 5) is 24.6. The highest BCUT2D eigenvalue weighted by Crippen LogP contribution is 2.32. The fourth-order valence-corrected chi connectivity index (χ4v) is 3.67. The first kappa shape index (κ1) is 20.2. The monoisotopic (exact) mass is 419 g/mol. The Kier molecular flexibility index (Phi) is 4.74. The number of nitrogens with zero attached hydrogens (tertiary/aromatic N) is 1. The van der Waals surface area contributed by atoms with Gasteiger partial charge in [-0.05, 0) is 55.3 Å². The second kappa shape index (κ2) is 7.29. The minimum absolute atomic E-state index is 0.0691. The summed E-state index contributed by atoms with van der Waals surface area (Å²) in [6.07, 6.45) is 1.68. The molecule has 0 radical (unpaired) electrons. The van der Waals surface area contributed by atoms with Gasteiger partial charge in [-0.15, -0.1) is 0 Å². The van der Waals surface area contributed by atoms with Crippen LogP contribution in [-0.2, 0) is 11.3 Å². The summed E-state index contributed by atoms with van der Waals surface area (Å²) in [5.41, 5.74) is 0.323. The summed E-state index contributed by atoms with van der Waals surface area (Å²) < 4.78 is 6.67. The number of carbonyl (C=O) groups is 2. The number of methoxy groups -OCH3 is 1. The number of rotatable bonds is 3. The second-order valence-electron chi connectivity index (χ2n) is 7.56. The van der Waals surface area contributed by atoms with E-state index in [2.05, 4.69) is 22.5 Å². The van der Waals surface area contributed by atoms with Gasteiger partial charge in [0.25, 0.3) is 5.91 Å². The van der Waals surface area contributed by atoms with E-state index >= 15 is 0 Å². The zero-order valence-corrected chi connectivity index (χ0v) is 17.2. The number of hydrogen-bond acceptors (Lipinski definition) is 5. The normalized spacial score (nSPS) is 17.8. The number of imide groups is 1. The van der Waals surface area contributed by atoms with Crippen molar-refractivity contribution in [3.05, 3.63) is 53.2 Å². The van der Waals surface area contributed by atoms with E-state index in [0.29, 0.717) is 27.8 Å². The number of aromatic nitrogens is 1. The second-order valence-corrected chi connectivity index (χ2v) is 7.56. The van der Waals surface area contributed by atoms with Gasteiger partial charge in [0.15, 0.2) is 5.88 Å². The van der Waals surface area contributed by atoms with Crippen LogP contribution >= 0.6 is 0 Å². The molecule has 1 fully saturated rings. The molecule has 1 aromatic heterocycles. The summed E-state index contributed by atoms with van der Waals surface area (Å²) >= 11 is 0. The standard InChI is InChI=1S/C23H21N3O5/c1-13-8-15(9-14(2)19(13)27)6-7-23(21(29)24-22(30)25-23)12-26-11-16-4-5-17(31-3)10-18(16)20(26)28/h4-5,8-11,27-28H,12H2,1-3H3,(H2,24,25,29,30)/t23-/m1/s1. The van der Waals surface area contributed by atoms with Gasteiger partial charge in [-0.1, -0.05) is 11.8 Å². The molecule has 31 heavy (non-hydrogen) atoms. The Morgan fingerprint density at radius 3 is 2.45 bits per heavy atom. The Bertz CT molecular complexity index is 1270. The third-order valence-electron chi connectivity index (χ3n) is 5.33. The van der Waals surface area contributed by atoms with E-state index in [0.717, 1.165) is 5.39 Å². The summed E-state index contributed by atoms with van der Waals surface area (Å²) in [5.74, 6) is 5.90. The lowest BCUT2D eigenvalue weighted by Gasteiger charge is -2.20. The Labute approximate surface area is 178 Å². The Morgan fingerprint density at radius 2 is 1.84 bits per heavy atom. The average molecular weight is 419 g/mol. The Balaban J connectivity index is 1.77. The van der Waals surface area contributed by atoms with Gasteiger partial charge in [0.05, 0.1) is 13.7 Å². The molecule has 0 aliphatic carbocycles. The van der Waals surface area contributed by atoms with Crippen LogP contribution in [0.3, 0.4) is 0 Å². The van der Waals surface area contributed by atoms with Crippen LogP contribution in [0.1, 0.15) is 16.7 Å². The van der Waals surface area contributed by atoms with Gasteiger partial charge in [-0.2, -0.15) is 0 Å². The smallest absolute Gasteiger partial charge is 0.323 e. The highest BCUT2D eigenvalue weighted by atomic mass is 16.5. The first-order chi connectivity index (χ1) is 14.7. The molecule has 0 unspecified atom stereocenters. The SMILES string of the molecule is COc1ccc2cn(C[C@@]3(C#Cc4cc(C)c(O)c(C)c4)NC(=O)NC3=O)c(O)c2c1. The van der Waals surface area contributed by atoms with Crippen molar-refractivity contribution in [3.8, 4) is 29.2 Å². The first-order valence-electron chi connectivity index (χ1n) is 9.55. The lowest BCUT2D eigenvalue weighted by molar-refractivity contribution is -0.122. The maximum absolute atomic E-state index is 12.7. The molecular weight excluding hydrogens is 398 g/mol. The summed E-state index contributed by atoms with van der Waals surface area (Å²) in [5, 5.41) is 26.8. The lowest BCUT2D eigenvalue weighted by atomic mass is 9.99. The van der Waals surface area contributed by atoms with Crippen molar-refractivity contribution in [1.82, 2.24) is 15.2 Å². The van der Waals surface area contributed by atoms with Crippen molar-refractivity contribution in [2.45, 2.75) is 25.9 Å². The molecule has 1 aliphatic heterocycles. The van der Waals surface area contributed by atoms with Gasteiger partial charge < -0.3 is 24.8 Å². The number of aryl methyl sites for hydroxylation is 2. The number of phenolic OH excluding ortho intramolecular Hbond substituents is 1. The summed E-state index contributed by atoms with van der Waals surface area (Å²) in [6.45, 7) is 3.41. The molecule has 0 spiro atoms. The van der Waals surface area contributed by atoms with E-state index in [9.17, 15) is 19.8 Å². The van der Waals surface area contributed by atoms with Gasteiger partial charge in [-0.3, -0.25) is 10.1 Å².